The number of sulfonamides is 1. The lowest BCUT2D eigenvalue weighted by Crippen LogP contribution is -2.25. The highest BCUT2D eigenvalue weighted by atomic mass is 32.2. The molecule has 4 nitrogen and oxygen atoms in total. The van der Waals surface area contributed by atoms with Gasteiger partial charge in [-0.2, -0.15) is 0 Å². The monoisotopic (exact) mass is 266 g/mol. The molecule has 0 unspecified atom stereocenters. The number of hydrogen-bond donors (Lipinski definition) is 2. The third-order valence-electron chi connectivity index (χ3n) is 3.82. The van der Waals surface area contributed by atoms with Crippen LogP contribution in [0.5, 0.6) is 0 Å². The summed E-state index contributed by atoms with van der Waals surface area (Å²) in [5, 5.41) is 3.06. The molecule has 0 radical (unpaired) electrons. The van der Waals surface area contributed by atoms with Crippen molar-refractivity contribution in [3.8, 4) is 0 Å². The Balaban J connectivity index is 1.80. The maximum absolute atomic E-state index is 12.2. The van der Waals surface area contributed by atoms with Crippen molar-refractivity contribution in [3.63, 3.8) is 0 Å². The Bertz CT molecular complexity index is 548. The normalized spacial score (nSPS) is 19.6. The lowest BCUT2D eigenvalue weighted by Gasteiger charge is -2.14. The molecule has 0 aromatic heterocycles. The Kier molecular flexibility index (Phi) is 2.93. The molecule has 5 heteroatoms. The van der Waals surface area contributed by atoms with E-state index in [0.717, 1.165) is 44.3 Å². The highest BCUT2D eigenvalue weighted by molar-refractivity contribution is 7.93. The number of nitrogens with one attached hydrogen (secondary N) is 2. The zero-order valence-electron chi connectivity index (χ0n) is 10.3. The van der Waals surface area contributed by atoms with Gasteiger partial charge in [0.15, 0.2) is 0 Å². The van der Waals surface area contributed by atoms with Gasteiger partial charge in [0, 0.05) is 17.9 Å². The summed E-state index contributed by atoms with van der Waals surface area (Å²) in [5.41, 5.74) is 3.02. The summed E-state index contributed by atoms with van der Waals surface area (Å²) in [6, 6.07) is 5.74. The molecule has 1 aliphatic carbocycles. The molecule has 98 valence electrons. The van der Waals surface area contributed by atoms with E-state index < -0.39 is 10.0 Å². The number of anilines is 2. The predicted molar refractivity (Wildman–Crippen MR) is 73.4 cm³/mol. The van der Waals surface area contributed by atoms with Crippen molar-refractivity contribution in [2.45, 2.75) is 37.4 Å². The minimum atomic E-state index is -3.20. The minimum Gasteiger partial charge on any atom is -0.384 e. The molecule has 0 saturated heterocycles. The van der Waals surface area contributed by atoms with Crippen LogP contribution in [-0.2, 0) is 16.4 Å². The van der Waals surface area contributed by atoms with Crippen molar-refractivity contribution in [2.75, 3.05) is 16.6 Å². The third kappa shape index (κ3) is 2.19. The van der Waals surface area contributed by atoms with Gasteiger partial charge in [-0.25, -0.2) is 8.42 Å². The highest BCUT2D eigenvalue weighted by Crippen LogP contribution is 2.29. The summed E-state index contributed by atoms with van der Waals surface area (Å²) in [5.74, 6) is 0. The second-order valence-corrected chi connectivity index (χ2v) is 7.06. The van der Waals surface area contributed by atoms with E-state index in [0.29, 0.717) is 5.69 Å². The van der Waals surface area contributed by atoms with E-state index in [4.69, 9.17) is 0 Å². The fraction of sp³-hybridized carbons (Fsp3) is 0.538. The summed E-state index contributed by atoms with van der Waals surface area (Å²) < 4.78 is 27.1. The summed E-state index contributed by atoms with van der Waals surface area (Å²) in [7, 11) is -3.20. The molecular weight excluding hydrogens is 248 g/mol. The first-order valence-corrected chi connectivity index (χ1v) is 8.08. The van der Waals surface area contributed by atoms with Crippen LogP contribution in [0.15, 0.2) is 18.2 Å². The molecule has 0 amide bonds. The molecule has 0 atom stereocenters. The van der Waals surface area contributed by atoms with Gasteiger partial charge in [-0.3, -0.25) is 4.72 Å². The van der Waals surface area contributed by atoms with Gasteiger partial charge in [0.1, 0.15) is 0 Å². The molecule has 1 saturated carbocycles. The maximum atomic E-state index is 12.2. The van der Waals surface area contributed by atoms with E-state index in [9.17, 15) is 8.42 Å². The first-order chi connectivity index (χ1) is 8.65. The van der Waals surface area contributed by atoms with Crippen molar-refractivity contribution in [1.82, 2.24) is 0 Å². The standard InChI is InChI=1S/C13H18N2O2S/c16-18(17,12-3-1-2-4-12)15-11-5-6-13-10(9-11)7-8-14-13/h5-6,9,12,14-15H,1-4,7-8H2. The van der Waals surface area contributed by atoms with E-state index in [2.05, 4.69) is 10.0 Å². The van der Waals surface area contributed by atoms with Gasteiger partial charge in [0.2, 0.25) is 10.0 Å². The molecule has 0 spiro atoms. The predicted octanol–water partition coefficient (Wildman–Crippen LogP) is 2.34. The first kappa shape index (κ1) is 11.8. The molecule has 1 fully saturated rings. The van der Waals surface area contributed by atoms with Crippen molar-refractivity contribution in [2.24, 2.45) is 0 Å². The van der Waals surface area contributed by atoms with Crippen molar-refractivity contribution in [1.29, 1.82) is 0 Å². The van der Waals surface area contributed by atoms with Gasteiger partial charge >= 0.3 is 0 Å². The average molecular weight is 266 g/mol. The number of fused-ring (bicyclic) bond motifs is 1. The molecular formula is C13H18N2O2S. The Morgan fingerprint density at radius 2 is 2.00 bits per heavy atom. The van der Waals surface area contributed by atoms with E-state index >= 15 is 0 Å². The number of benzene rings is 1. The van der Waals surface area contributed by atoms with E-state index in [1.807, 2.05) is 18.2 Å². The van der Waals surface area contributed by atoms with Crippen molar-refractivity contribution < 1.29 is 8.42 Å². The summed E-state index contributed by atoms with van der Waals surface area (Å²) >= 11 is 0. The van der Waals surface area contributed by atoms with Crippen molar-refractivity contribution >= 4 is 21.4 Å². The Morgan fingerprint density at radius 3 is 2.78 bits per heavy atom. The minimum absolute atomic E-state index is 0.205. The quantitative estimate of drug-likeness (QED) is 0.883. The number of hydrogen-bond acceptors (Lipinski definition) is 3. The Morgan fingerprint density at radius 1 is 1.22 bits per heavy atom. The Labute approximate surface area is 108 Å². The van der Waals surface area contributed by atoms with Gasteiger partial charge in [-0.05, 0) is 43.0 Å². The Hall–Kier alpha value is -1.23. The third-order valence-corrected chi connectivity index (χ3v) is 5.69. The summed E-state index contributed by atoms with van der Waals surface area (Å²) in [6.45, 7) is 0.939. The van der Waals surface area contributed by atoms with Crippen LogP contribution in [0, 0.1) is 0 Å². The van der Waals surface area contributed by atoms with Crippen LogP contribution in [0.4, 0.5) is 11.4 Å². The average Bonchev–Trinajstić information content (AvgIpc) is 2.99. The summed E-state index contributed by atoms with van der Waals surface area (Å²) in [4.78, 5) is 0. The van der Waals surface area contributed by atoms with Crippen LogP contribution in [0.25, 0.3) is 0 Å². The number of rotatable bonds is 3. The van der Waals surface area contributed by atoms with Crippen LogP contribution in [0.1, 0.15) is 31.2 Å². The lowest BCUT2D eigenvalue weighted by atomic mass is 10.1. The molecule has 1 heterocycles. The SMILES string of the molecule is O=S(=O)(Nc1ccc2c(c1)CCN2)C1CCCC1. The fourth-order valence-corrected chi connectivity index (χ4v) is 4.39. The van der Waals surface area contributed by atoms with Crippen LogP contribution in [-0.4, -0.2) is 20.2 Å². The fourth-order valence-electron chi connectivity index (χ4n) is 2.81. The zero-order valence-corrected chi connectivity index (χ0v) is 11.1. The van der Waals surface area contributed by atoms with Gasteiger partial charge in [-0.1, -0.05) is 12.8 Å². The lowest BCUT2D eigenvalue weighted by molar-refractivity contribution is 0.585. The van der Waals surface area contributed by atoms with Gasteiger partial charge in [0.25, 0.3) is 0 Å². The molecule has 1 aliphatic heterocycles. The molecule has 0 bridgehead atoms. The van der Waals surface area contributed by atoms with Crippen LogP contribution < -0.4 is 10.0 Å². The highest BCUT2D eigenvalue weighted by Gasteiger charge is 2.28. The largest absolute Gasteiger partial charge is 0.384 e. The van der Waals surface area contributed by atoms with Gasteiger partial charge < -0.3 is 5.32 Å². The van der Waals surface area contributed by atoms with Crippen LogP contribution >= 0.6 is 0 Å². The molecule has 2 aliphatic rings. The second-order valence-electron chi connectivity index (χ2n) is 5.10. The second kappa shape index (κ2) is 4.46. The topological polar surface area (TPSA) is 58.2 Å². The van der Waals surface area contributed by atoms with Gasteiger partial charge in [0.05, 0.1) is 5.25 Å². The van der Waals surface area contributed by atoms with E-state index in [1.54, 1.807) is 0 Å². The van der Waals surface area contributed by atoms with E-state index in [-0.39, 0.29) is 5.25 Å². The van der Waals surface area contributed by atoms with Crippen LogP contribution in [0.3, 0.4) is 0 Å². The maximum Gasteiger partial charge on any atom is 0.235 e. The first-order valence-electron chi connectivity index (χ1n) is 6.53. The molecule has 1 aromatic rings. The molecule has 2 N–H and O–H groups in total. The van der Waals surface area contributed by atoms with E-state index in [1.165, 1.54) is 5.56 Å². The smallest absolute Gasteiger partial charge is 0.235 e. The van der Waals surface area contributed by atoms with Gasteiger partial charge in [-0.15, -0.1) is 0 Å². The summed E-state index contributed by atoms with van der Waals surface area (Å²) in [6.07, 6.45) is 4.61. The van der Waals surface area contributed by atoms with Crippen LogP contribution in [0.2, 0.25) is 0 Å². The molecule has 18 heavy (non-hydrogen) atoms. The molecule has 3 rings (SSSR count). The zero-order chi connectivity index (χ0) is 12.6. The van der Waals surface area contributed by atoms with Crippen molar-refractivity contribution in [3.05, 3.63) is 23.8 Å². The molecule has 1 aromatic carbocycles.